The molecule has 0 aromatic carbocycles. The molecule has 0 saturated heterocycles. The molecule has 1 amide bonds. The molecule has 0 radical (unpaired) electrons. The zero-order valence-corrected chi connectivity index (χ0v) is 8.96. The maximum absolute atomic E-state index is 11.8. The lowest BCUT2D eigenvalue weighted by Crippen LogP contribution is -2.36. The second-order valence-corrected chi connectivity index (χ2v) is 3.24. The normalized spacial score (nSPS) is 9.81. The quantitative estimate of drug-likeness (QED) is 0.720. The van der Waals surface area contributed by atoms with Gasteiger partial charge in [-0.25, -0.2) is 0 Å². The Labute approximate surface area is 92.8 Å². The van der Waals surface area contributed by atoms with Gasteiger partial charge in [-0.15, -0.1) is 6.58 Å². The number of amides is 1. The first-order valence-corrected chi connectivity index (χ1v) is 4.66. The van der Waals surface area contributed by atoms with E-state index >= 15 is 0 Å². The van der Waals surface area contributed by atoms with Gasteiger partial charge in [0.15, 0.2) is 0 Å². The molecule has 1 aromatic heterocycles. The average Bonchev–Trinajstić information content (AvgIpc) is 2.62. The average molecular weight is 223 g/mol. The molecule has 0 saturated carbocycles. The molecule has 1 N–H and O–H groups in total. The summed E-state index contributed by atoms with van der Waals surface area (Å²) in [5, 5.41) is 12.6. The van der Waals surface area contributed by atoms with E-state index in [1.807, 2.05) is 0 Å². The van der Waals surface area contributed by atoms with Crippen molar-refractivity contribution in [2.75, 3.05) is 13.1 Å². The van der Waals surface area contributed by atoms with Crippen molar-refractivity contribution in [3.05, 3.63) is 30.6 Å². The molecule has 1 aromatic rings. The molecule has 0 spiro atoms. The summed E-state index contributed by atoms with van der Waals surface area (Å²) in [6.07, 6.45) is 3.10. The number of aryl methyl sites for hydroxylation is 1. The fraction of sp³-hybridized carbons (Fsp3) is 0.300. The van der Waals surface area contributed by atoms with Crippen LogP contribution in [0.4, 0.5) is 0 Å². The molecule has 16 heavy (non-hydrogen) atoms. The van der Waals surface area contributed by atoms with Crippen LogP contribution in [0, 0.1) is 0 Å². The first kappa shape index (κ1) is 12.0. The first-order valence-electron chi connectivity index (χ1n) is 4.66. The van der Waals surface area contributed by atoms with Crippen molar-refractivity contribution in [2.45, 2.75) is 0 Å². The minimum atomic E-state index is -1.06. The highest BCUT2D eigenvalue weighted by Gasteiger charge is 2.19. The van der Waals surface area contributed by atoms with Crippen LogP contribution in [-0.4, -0.2) is 44.8 Å². The van der Waals surface area contributed by atoms with Gasteiger partial charge in [0.05, 0.1) is 0 Å². The number of carbonyl (C=O) groups is 2. The summed E-state index contributed by atoms with van der Waals surface area (Å²) in [6, 6.07) is 1.54. The van der Waals surface area contributed by atoms with E-state index in [4.69, 9.17) is 5.11 Å². The van der Waals surface area contributed by atoms with Crippen molar-refractivity contribution in [1.29, 1.82) is 0 Å². The van der Waals surface area contributed by atoms with E-state index < -0.39 is 11.9 Å². The predicted octanol–water partition coefficient (Wildman–Crippen LogP) is 0.133. The van der Waals surface area contributed by atoms with Gasteiger partial charge in [-0.1, -0.05) is 6.08 Å². The van der Waals surface area contributed by atoms with Gasteiger partial charge in [0.25, 0.3) is 5.91 Å². The number of rotatable bonds is 5. The highest BCUT2D eigenvalue weighted by Crippen LogP contribution is 2.01. The van der Waals surface area contributed by atoms with E-state index in [0.717, 1.165) is 4.90 Å². The minimum Gasteiger partial charge on any atom is -0.480 e. The zero-order valence-electron chi connectivity index (χ0n) is 8.96. The Balaban J connectivity index is 2.81. The molecule has 1 heterocycles. The smallest absolute Gasteiger partial charge is 0.323 e. The molecular weight excluding hydrogens is 210 g/mol. The van der Waals surface area contributed by atoms with Gasteiger partial charge in [-0.2, -0.15) is 5.10 Å². The Kier molecular flexibility index (Phi) is 3.82. The Morgan fingerprint density at radius 2 is 2.38 bits per heavy atom. The number of carboxylic acid groups (broad SMARTS) is 1. The van der Waals surface area contributed by atoms with E-state index in [1.165, 1.54) is 10.8 Å². The van der Waals surface area contributed by atoms with Crippen LogP contribution >= 0.6 is 0 Å². The molecule has 0 atom stereocenters. The van der Waals surface area contributed by atoms with Crippen molar-refractivity contribution < 1.29 is 14.7 Å². The standard InChI is InChI=1S/C10H13N3O3/c1-3-5-13(7-9(14)15)10(16)8-4-6-12(2)11-8/h3-4,6H,1,5,7H2,2H3,(H,14,15). The molecular formula is C10H13N3O3. The minimum absolute atomic E-state index is 0.182. The van der Waals surface area contributed by atoms with Crippen LogP contribution in [0.5, 0.6) is 0 Å². The molecule has 0 aliphatic heterocycles. The van der Waals surface area contributed by atoms with Crippen molar-refractivity contribution in [3.63, 3.8) is 0 Å². The van der Waals surface area contributed by atoms with Crippen LogP contribution in [0.1, 0.15) is 10.5 Å². The third kappa shape index (κ3) is 2.94. The number of aliphatic carboxylic acids is 1. The highest BCUT2D eigenvalue weighted by atomic mass is 16.4. The summed E-state index contributed by atoms with van der Waals surface area (Å²) < 4.78 is 1.49. The number of hydrogen-bond donors (Lipinski definition) is 1. The lowest BCUT2D eigenvalue weighted by molar-refractivity contribution is -0.137. The fourth-order valence-electron chi connectivity index (χ4n) is 1.23. The second kappa shape index (κ2) is 5.11. The Morgan fingerprint density at radius 3 is 2.81 bits per heavy atom. The number of nitrogens with zero attached hydrogens (tertiary/aromatic N) is 3. The predicted molar refractivity (Wildman–Crippen MR) is 56.9 cm³/mol. The molecule has 0 bridgehead atoms. The van der Waals surface area contributed by atoms with Gasteiger partial charge in [0.2, 0.25) is 0 Å². The second-order valence-electron chi connectivity index (χ2n) is 3.24. The third-order valence-electron chi connectivity index (χ3n) is 1.90. The van der Waals surface area contributed by atoms with Crippen LogP contribution < -0.4 is 0 Å². The molecule has 0 aliphatic rings. The van der Waals surface area contributed by atoms with E-state index in [1.54, 1.807) is 19.3 Å². The van der Waals surface area contributed by atoms with Crippen molar-refractivity contribution in [3.8, 4) is 0 Å². The number of carboxylic acids is 1. The van der Waals surface area contributed by atoms with Gasteiger partial charge < -0.3 is 10.0 Å². The van der Waals surface area contributed by atoms with Crippen LogP contribution in [0.3, 0.4) is 0 Å². The van der Waals surface area contributed by atoms with E-state index in [0.29, 0.717) is 0 Å². The van der Waals surface area contributed by atoms with Crippen LogP contribution in [0.15, 0.2) is 24.9 Å². The number of carbonyl (C=O) groups excluding carboxylic acids is 1. The molecule has 6 heteroatoms. The lowest BCUT2D eigenvalue weighted by Gasteiger charge is -2.17. The fourth-order valence-corrected chi connectivity index (χ4v) is 1.23. The summed E-state index contributed by atoms with van der Waals surface area (Å²) in [6.45, 7) is 3.30. The molecule has 86 valence electrons. The maximum atomic E-state index is 11.8. The monoisotopic (exact) mass is 223 g/mol. The van der Waals surface area contributed by atoms with Gasteiger partial charge in [0, 0.05) is 19.8 Å². The van der Waals surface area contributed by atoms with Crippen molar-refractivity contribution in [1.82, 2.24) is 14.7 Å². The van der Waals surface area contributed by atoms with Crippen LogP contribution in [0.2, 0.25) is 0 Å². The number of hydrogen-bond acceptors (Lipinski definition) is 3. The molecule has 1 rings (SSSR count). The summed E-state index contributed by atoms with van der Waals surface area (Å²) >= 11 is 0. The molecule has 0 fully saturated rings. The van der Waals surface area contributed by atoms with Crippen LogP contribution in [-0.2, 0) is 11.8 Å². The third-order valence-corrected chi connectivity index (χ3v) is 1.90. The van der Waals surface area contributed by atoms with E-state index in [9.17, 15) is 9.59 Å². The van der Waals surface area contributed by atoms with Gasteiger partial charge in [-0.05, 0) is 6.07 Å². The van der Waals surface area contributed by atoms with Gasteiger partial charge in [0.1, 0.15) is 12.2 Å². The maximum Gasteiger partial charge on any atom is 0.323 e. The SMILES string of the molecule is C=CCN(CC(=O)O)C(=O)c1ccn(C)n1. The van der Waals surface area contributed by atoms with Gasteiger partial charge in [-0.3, -0.25) is 14.3 Å². The molecule has 6 nitrogen and oxygen atoms in total. The Bertz CT molecular complexity index is 411. The zero-order chi connectivity index (χ0) is 12.1. The molecule has 0 aliphatic carbocycles. The topological polar surface area (TPSA) is 75.4 Å². The van der Waals surface area contributed by atoms with Crippen molar-refractivity contribution in [2.24, 2.45) is 7.05 Å². The summed E-state index contributed by atoms with van der Waals surface area (Å²) in [5.41, 5.74) is 0.227. The van der Waals surface area contributed by atoms with E-state index in [-0.39, 0.29) is 18.8 Å². The molecule has 0 unspecified atom stereocenters. The summed E-state index contributed by atoms with van der Waals surface area (Å²) in [5.74, 6) is -1.48. The first-order chi connectivity index (χ1) is 7.54. The Hall–Kier alpha value is -2.11. The van der Waals surface area contributed by atoms with Crippen molar-refractivity contribution >= 4 is 11.9 Å². The highest BCUT2D eigenvalue weighted by molar-refractivity contribution is 5.94. The van der Waals surface area contributed by atoms with E-state index in [2.05, 4.69) is 11.7 Å². The Morgan fingerprint density at radius 1 is 1.69 bits per heavy atom. The largest absolute Gasteiger partial charge is 0.480 e. The lowest BCUT2D eigenvalue weighted by atomic mass is 10.3. The summed E-state index contributed by atoms with van der Waals surface area (Å²) in [4.78, 5) is 23.6. The summed E-state index contributed by atoms with van der Waals surface area (Å²) in [7, 11) is 1.69. The van der Waals surface area contributed by atoms with Crippen LogP contribution in [0.25, 0.3) is 0 Å². The number of aromatic nitrogens is 2. The van der Waals surface area contributed by atoms with Gasteiger partial charge >= 0.3 is 5.97 Å².